The highest BCUT2D eigenvalue weighted by Crippen LogP contribution is 2.47. The summed E-state index contributed by atoms with van der Waals surface area (Å²) in [6.45, 7) is 2.83. The number of furan rings is 1. The van der Waals surface area contributed by atoms with Crippen LogP contribution in [0.1, 0.15) is 31.7 Å². The molecule has 4 aromatic rings. The monoisotopic (exact) mass is 361 g/mol. The largest absolute Gasteiger partial charge is 0.454 e. The van der Waals surface area contributed by atoms with Crippen LogP contribution in [-0.4, -0.2) is 17.2 Å². The van der Waals surface area contributed by atoms with E-state index >= 15 is 0 Å². The number of aryl methyl sites for hydroxylation is 1. The van der Waals surface area contributed by atoms with Crippen molar-refractivity contribution in [2.75, 3.05) is 9.80 Å². The Balaban J connectivity index is 1.79. The molecule has 1 unspecified atom stereocenters. The van der Waals surface area contributed by atoms with Crippen molar-refractivity contribution in [2.45, 2.75) is 39.8 Å². The van der Waals surface area contributed by atoms with Crippen molar-refractivity contribution in [3.05, 3.63) is 60.3 Å². The Kier molecular flexibility index (Phi) is 2.64. The van der Waals surface area contributed by atoms with Gasteiger partial charge in [0, 0.05) is 27.1 Å². The highest BCUT2D eigenvalue weighted by Gasteiger charge is 2.38. The van der Waals surface area contributed by atoms with Gasteiger partial charge in [-0.1, -0.05) is 30.3 Å². The van der Waals surface area contributed by atoms with Crippen LogP contribution in [0, 0.1) is 6.92 Å². The lowest BCUT2D eigenvalue weighted by molar-refractivity contribution is 0.602. The Morgan fingerprint density at radius 1 is 1.15 bits per heavy atom. The van der Waals surface area contributed by atoms with E-state index in [-0.39, 0.29) is 0 Å². The third-order valence-corrected chi connectivity index (χ3v) is 5.33. The zero-order chi connectivity index (χ0) is 22.1. The van der Waals surface area contributed by atoms with E-state index in [0.29, 0.717) is 11.5 Å². The minimum atomic E-state index is -2.51. The van der Waals surface area contributed by atoms with E-state index in [1.54, 1.807) is 17.2 Å². The SMILES string of the molecule is [2H]C([2H])([2H])C([2H])(C)N1c2cccnc2N(c2c(C)ccc3c2oc2ccccc23)[C@@H]1C. The molecule has 4 heteroatoms. The van der Waals surface area contributed by atoms with E-state index in [0.717, 1.165) is 33.2 Å². The first-order chi connectivity index (χ1) is 14.6. The van der Waals surface area contributed by atoms with E-state index in [2.05, 4.69) is 11.1 Å². The molecule has 0 amide bonds. The van der Waals surface area contributed by atoms with Crippen molar-refractivity contribution in [2.24, 2.45) is 0 Å². The van der Waals surface area contributed by atoms with Crippen LogP contribution in [0.4, 0.5) is 17.2 Å². The molecule has 2 aromatic carbocycles. The van der Waals surface area contributed by atoms with Gasteiger partial charge in [-0.05, 0) is 51.4 Å². The Morgan fingerprint density at radius 3 is 2.85 bits per heavy atom. The first-order valence-electron chi connectivity index (χ1n) is 11.1. The van der Waals surface area contributed by atoms with E-state index in [1.807, 2.05) is 55.1 Å². The number of hydrogen-bond donors (Lipinski definition) is 0. The molecule has 136 valence electrons. The van der Waals surface area contributed by atoms with Gasteiger partial charge in [0.1, 0.15) is 11.7 Å². The van der Waals surface area contributed by atoms with Gasteiger partial charge in [-0.25, -0.2) is 4.98 Å². The van der Waals surface area contributed by atoms with Crippen LogP contribution in [0.3, 0.4) is 0 Å². The minimum Gasteiger partial charge on any atom is -0.454 e. The summed E-state index contributed by atoms with van der Waals surface area (Å²) in [6.07, 6.45) is 1.23. The fourth-order valence-electron chi connectivity index (χ4n) is 4.18. The number of fused-ring (bicyclic) bond motifs is 4. The molecule has 0 N–H and O–H groups in total. The second-order valence-corrected chi connectivity index (χ2v) is 7.01. The summed E-state index contributed by atoms with van der Waals surface area (Å²) in [5, 5.41) is 2.01. The van der Waals surface area contributed by atoms with Crippen molar-refractivity contribution >= 4 is 39.1 Å². The molecule has 3 heterocycles. The average molecular weight is 361 g/mol. The fourth-order valence-corrected chi connectivity index (χ4v) is 4.18. The molecule has 2 atom stereocenters. The van der Waals surface area contributed by atoms with Crippen LogP contribution >= 0.6 is 0 Å². The number of hydrogen-bond acceptors (Lipinski definition) is 4. The molecule has 0 fully saturated rings. The Labute approximate surface area is 164 Å². The highest BCUT2D eigenvalue weighted by atomic mass is 16.3. The second kappa shape index (κ2) is 5.74. The van der Waals surface area contributed by atoms with Crippen LogP contribution in [0.5, 0.6) is 0 Å². The van der Waals surface area contributed by atoms with Gasteiger partial charge in [0.15, 0.2) is 11.4 Å². The minimum absolute atomic E-state index is 0.453. The van der Waals surface area contributed by atoms with Crippen molar-refractivity contribution in [3.8, 4) is 0 Å². The number of aromatic nitrogens is 1. The molecule has 5 rings (SSSR count). The molecule has 0 radical (unpaired) electrons. The maximum Gasteiger partial charge on any atom is 0.159 e. The van der Waals surface area contributed by atoms with E-state index < -0.39 is 19.0 Å². The predicted octanol–water partition coefficient (Wildman–Crippen LogP) is 6.00. The summed E-state index contributed by atoms with van der Waals surface area (Å²) in [6, 6.07) is 13.7. The molecule has 0 saturated heterocycles. The van der Waals surface area contributed by atoms with Gasteiger partial charge in [0.25, 0.3) is 0 Å². The standard InChI is InChI=1S/C23H23N3O/c1-14(2)25-16(4)26(23-19(25)9-7-13-24-23)21-15(3)11-12-18-17-8-5-6-10-20(17)27-22(18)21/h5-14,16H,1-4H3/t16-/m1/s1/i1D3,14D/t14?,16-. The van der Waals surface area contributed by atoms with E-state index in [9.17, 15) is 0 Å². The molecule has 0 bridgehead atoms. The Bertz CT molecular complexity index is 1310. The third kappa shape index (κ3) is 2.19. The lowest BCUT2D eigenvalue weighted by Gasteiger charge is -2.33. The van der Waals surface area contributed by atoms with Crippen LogP contribution in [0.25, 0.3) is 21.9 Å². The van der Waals surface area contributed by atoms with Crippen molar-refractivity contribution < 1.29 is 9.90 Å². The van der Waals surface area contributed by atoms with Gasteiger partial charge in [-0.2, -0.15) is 0 Å². The molecular formula is C23H23N3O. The molecule has 0 aliphatic carbocycles. The number of para-hydroxylation sites is 1. The van der Waals surface area contributed by atoms with Crippen molar-refractivity contribution in [3.63, 3.8) is 0 Å². The number of anilines is 3. The van der Waals surface area contributed by atoms with Gasteiger partial charge in [-0.15, -0.1) is 0 Å². The third-order valence-electron chi connectivity index (χ3n) is 5.33. The second-order valence-electron chi connectivity index (χ2n) is 7.01. The van der Waals surface area contributed by atoms with Gasteiger partial charge >= 0.3 is 0 Å². The average Bonchev–Trinajstić information content (AvgIpc) is 3.22. The quantitative estimate of drug-likeness (QED) is 0.438. The summed E-state index contributed by atoms with van der Waals surface area (Å²) in [7, 11) is 0. The van der Waals surface area contributed by atoms with Gasteiger partial charge < -0.3 is 14.2 Å². The summed E-state index contributed by atoms with van der Waals surface area (Å²) < 4.78 is 39.0. The number of benzene rings is 2. The topological polar surface area (TPSA) is 32.5 Å². The van der Waals surface area contributed by atoms with Crippen LogP contribution in [0.15, 0.2) is 59.1 Å². The number of nitrogens with zero attached hydrogens (tertiary/aromatic N) is 3. The zero-order valence-corrected chi connectivity index (χ0v) is 15.5. The number of pyridine rings is 1. The van der Waals surface area contributed by atoms with Gasteiger partial charge in [0.2, 0.25) is 0 Å². The summed E-state index contributed by atoms with van der Waals surface area (Å²) in [5.74, 6) is 0.619. The smallest absolute Gasteiger partial charge is 0.159 e. The lowest BCUT2D eigenvalue weighted by Crippen LogP contribution is -2.42. The molecule has 27 heavy (non-hydrogen) atoms. The summed E-state index contributed by atoms with van der Waals surface area (Å²) >= 11 is 0. The number of rotatable bonds is 2. The molecule has 1 aliphatic heterocycles. The zero-order valence-electron chi connectivity index (χ0n) is 19.5. The van der Waals surface area contributed by atoms with E-state index in [1.165, 1.54) is 6.92 Å². The summed E-state index contributed by atoms with van der Waals surface area (Å²) in [5.41, 5.74) is 3.97. The Morgan fingerprint density at radius 2 is 2.00 bits per heavy atom. The predicted molar refractivity (Wildman–Crippen MR) is 112 cm³/mol. The Hall–Kier alpha value is -3.01. The van der Waals surface area contributed by atoms with Gasteiger partial charge in [0.05, 0.1) is 12.7 Å². The van der Waals surface area contributed by atoms with Crippen molar-refractivity contribution in [1.82, 2.24) is 4.98 Å². The molecule has 0 saturated carbocycles. The molecule has 1 aliphatic rings. The fraction of sp³-hybridized carbons (Fsp3) is 0.261. The highest BCUT2D eigenvalue weighted by molar-refractivity contribution is 6.10. The summed E-state index contributed by atoms with van der Waals surface area (Å²) in [4.78, 5) is 8.21. The van der Waals surface area contributed by atoms with Crippen LogP contribution in [-0.2, 0) is 0 Å². The first kappa shape index (κ1) is 12.4. The van der Waals surface area contributed by atoms with Crippen LogP contribution in [0.2, 0.25) is 0 Å². The molecule has 2 aromatic heterocycles. The van der Waals surface area contributed by atoms with Crippen LogP contribution < -0.4 is 9.80 Å². The normalized spacial score (nSPS) is 21.5. The van der Waals surface area contributed by atoms with Crippen molar-refractivity contribution in [1.29, 1.82) is 0 Å². The van der Waals surface area contributed by atoms with Gasteiger partial charge in [-0.3, -0.25) is 0 Å². The first-order valence-corrected chi connectivity index (χ1v) is 9.07. The maximum absolute atomic E-state index is 8.78. The maximum atomic E-state index is 8.78. The molecular weight excluding hydrogens is 334 g/mol. The molecule has 0 spiro atoms. The lowest BCUT2D eigenvalue weighted by atomic mass is 10.1. The molecule has 4 nitrogen and oxygen atoms in total. The van der Waals surface area contributed by atoms with E-state index in [4.69, 9.17) is 9.90 Å².